The quantitative estimate of drug-likeness (QED) is 0.711. The molecule has 0 atom stereocenters. The fourth-order valence-electron chi connectivity index (χ4n) is 2.32. The van der Waals surface area contributed by atoms with Crippen LogP contribution in [0.2, 0.25) is 0 Å². The number of aromatic nitrogens is 3. The van der Waals surface area contributed by atoms with Crippen molar-refractivity contribution in [3.63, 3.8) is 0 Å². The van der Waals surface area contributed by atoms with Crippen molar-refractivity contribution in [1.82, 2.24) is 15.0 Å². The standard InChI is InChI=1S/C16H17N3/c1-13-9-10-16-15(12-13)17-18-19(16)11-5-8-14-6-3-2-4-7-14/h2-4,6-7,9-10,12H,5,8,11H2,1H3. The lowest BCUT2D eigenvalue weighted by Crippen LogP contribution is -2.01. The Balaban J connectivity index is 1.69. The van der Waals surface area contributed by atoms with E-state index in [9.17, 15) is 0 Å². The molecule has 1 heterocycles. The molecule has 0 radical (unpaired) electrons. The predicted octanol–water partition coefficient (Wildman–Crippen LogP) is 3.37. The normalized spacial score (nSPS) is 11.0. The summed E-state index contributed by atoms with van der Waals surface area (Å²) in [4.78, 5) is 0. The van der Waals surface area contributed by atoms with Gasteiger partial charge < -0.3 is 0 Å². The average Bonchev–Trinajstić information content (AvgIpc) is 2.82. The molecule has 0 spiro atoms. The van der Waals surface area contributed by atoms with E-state index in [2.05, 4.69) is 65.8 Å². The lowest BCUT2D eigenvalue weighted by atomic mass is 10.1. The fourth-order valence-corrected chi connectivity index (χ4v) is 2.32. The van der Waals surface area contributed by atoms with Crippen LogP contribution in [0, 0.1) is 6.92 Å². The Morgan fingerprint density at radius 2 is 1.89 bits per heavy atom. The number of benzene rings is 2. The molecule has 3 rings (SSSR count). The van der Waals surface area contributed by atoms with Crippen molar-refractivity contribution in [3.8, 4) is 0 Å². The van der Waals surface area contributed by atoms with Crippen LogP contribution in [0.1, 0.15) is 17.5 Å². The van der Waals surface area contributed by atoms with Gasteiger partial charge in [-0.3, -0.25) is 0 Å². The SMILES string of the molecule is Cc1ccc2c(c1)nnn2CCCc1ccccc1. The third-order valence-electron chi connectivity index (χ3n) is 3.35. The van der Waals surface area contributed by atoms with E-state index >= 15 is 0 Å². The molecule has 0 aliphatic carbocycles. The van der Waals surface area contributed by atoms with Gasteiger partial charge in [-0.2, -0.15) is 0 Å². The molecule has 3 heteroatoms. The molecule has 3 nitrogen and oxygen atoms in total. The Bertz CT molecular complexity index is 671. The van der Waals surface area contributed by atoms with Crippen LogP contribution in [0.3, 0.4) is 0 Å². The van der Waals surface area contributed by atoms with Gasteiger partial charge in [0, 0.05) is 6.54 Å². The highest BCUT2D eigenvalue weighted by atomic mass is 15.4. The second-order valence-corrected chi connectivity index (χ2v) is 4.89. The maximum absolute atomic E-state index is 4.23. The summed E-state index contributed by atoms with van der Waals surface area (Å²) in [6.45, 7) is 2.99. The van der Waals surface area contributed by atoms with Crippen LogP contribution in [0.4, 0.5) is 0 Å². The Labute approximate surface area is 112 Å². The van der Waals surface area contributed by atoms with Crippen molar-refractivity contribution in [2.24, 2.45) is 0 Å². The molecule has 0 bridgehead atoms. The number of fused-ring (bicyclic) bond motifs is 1. The van der Waals surface area contributed by atoms with Gasteiger partial charge in [0.25, 0.3) is 0 Å². The van der Waals surface area contributed by atoms with E-state index in [1.807, 2.05) is 4.68 Å². The topological polar surface area (TPSA) is 30.7 Å². The summed E-state index contributed by atoms with van der Waals surface area (Å²) in [5.41, 5.74) is 4.71. The molecule has 0 saturated heterocycles. The van der Waals surface area contributed by atoms with Crippen LogP contribution in [0.15, 0.2) is 48.5 Å². The monoisotopic (exact) mass is 251 g/mol. The third-order valence-corrected chi connectivity index (χ3v) is 3.35. The second-order valence-electron chi connectivity index (χ2n) is 4.89. The van der Waals surface area contributed by atoms with Gasteiger partial charge >= 0.3 is 0 Å². The lowest BCUT2D eigenvalue weighted by Gasteiger charge is -2.03. The third kappa shape index (κ3) is 2.65. The van der Waals surface area contributed by atoms with Crippen LogP contribution >= 0.6 is 0 Å². The average molecular weight is 251 g/mol. The lowest BCUT2D eigenvalue weighted by molar-refractivity contribution is 0.574. The maximum atomic E-state index is 4.23. The molecular weight excluding hydrogens is 234 g/mol. The number of rotatable bonds is 4. The zero-order valence-corrected chi connectivity index (χ0v) is 11.1. The number of hydrogen-bond acceptors (Lipinski definition) is 2. The van der Waals surface area contributed by atoms with E-state index in [4.69, 9.17) is 0 Å². The van der Waals surface area contributed by atoms with E-state index in [1.165, 1.54) is 11.1 Å². The summed E-state index contributed by atoms with van der Waals surface area (Å²) in [6, 6.07) is 16.9. The summed E-state index contributed by atoms with van der Waals surface area (Å²) in [6.07, 6.45) is 2.16. The van der Waals surface area contributed by atoms with Crippen molar-refractivity contribution in [3.05, 3.63) is 59.7 Å². The summed E-state index contributed by atoms with van der Waals surface area (Å²) in [7, 11) is 0. The van der Waals surface area contributed by atoms with Gasteiger partial charge in [-0.05, 0) is 43.0 Å². The first kappa shape index (κ1) is 11.9. The van der Waals surface area contributed by atoms with Gasteiger partial charge in [0.15, 0.2) is 0 Å². The summed E-state index contributed by atoms with van der Waals surface area (Å²) in [5, 5.41) is 8.45. The van der Waals surface area contributed by atoms with Crippen molar-refractivity contribution < 1.29 is 0 Å². The molecule has 0 saturated carbocycles. The first-order valence-electron chi connectivity index (χ1n) is 6.67. The van der Waals surface area contributed by atoms with E-state index in [0.29, 0.717) is 0 Å². The van der Waals surface area contributed by atoms with Crippen LogP contribution in [-0.2, 0) is 13.0 Å². The molecular formula is C16H17N3. The molecule has 0 N–H and O–H groups in total. The molecule has 0 amide bonds. The molecule has 0 unspecified atom stereocenters. The molecule has 0 aliphatic heterocycles. The van der Waals surface area contributed by atoms with Crippen molar-refractivity contribution in [2.45, 2.75) is 26.3 Å². The zero-order valence-electron chi connectivity index (χ0n) is 11.1. The highest BCUT2D eigenvalue weighted by molar-refractivity contribution is 5.74. The molecule has 0 fully saturated rings. The van der Waals surface area contributed by atoms with E-state index in [1.54, 1.807) is 0 Å². The van der Waals surface area contributed by atoms with Gasteiger partial charge in [0.05, 0.1) is 5.52 Å². The molecule has 96 valence electrons. The van der Waals surface area contributed by atoms with Crippen molar-refractivity contribution >= 4 is 11.0 Å². The van der Waals surface area contributed by atoms with Gasteiger partial charge in [0.2, 0.25) is 0 Å². The summed E-state index contributed by atoms with van der Waals surface area (Å²) in [5.74, 6) is 0. The van der Waals surface area contributed by atoms with Crippen LogP contribution in [-0.4, -0.2) is 15.0 Å². The van der Waals surface area contributed by atoms with Crippen LogP contribution in [0.5, 0.6) is 0 Å². The fraction of sp³-hybridized carbons (Fsp3) is 0.250. The number of nitrogens with zero attached hydrogens (tertiary/aromatic N) is 3. The Hall–Kier alpha value is -2.16. The Morgan fingerprint density at radius 1 is 1.05 bits per heavy atom. The van der Waals surface area contributed by atoms with Gasteiger partial charge in [-0.1, -0.05) is 41.6 Å². The molecule has 0 aliphatic rings. The number of hydrogen-bond donors (Lipinski definition) is 0. The molecule has 3 aromatic rings. The number of aryl methyl sites for hydroxylation is 3. The highest BCUT2D eigenvalue weighted by Gasteiger charge is 2.04. The van der Waals surface area contributed by atoms with Crippen LogP contribution in [0.25, 0.3) is 11.0 Å². The maximum Gasteiger partial charge on any atom is 0.113 e. The van der Waals surface area contributed by atoms with Gasteiger partial charge in [0.1, 0.15) is 5.52 Å². The van der Waals surface area contributed by atoms with E-state index < -0.39 is 0 Å². The van der Waals surface area contributed by atoms with E-state index in [0.717, 1.165) is 30.4 Å². The first-order chi connectivity index (χ1) is 9.33. The van der Waals surface area contributed by atoms with Gasteiger partial charge in [-0.15, -0.1) is 5.10 Å². The largest absolute Gasteiger partial charge is 0.245 e. The predicted molar refractivity (Wildman–Crippen MR) is 77.0 cm³/mol. The van der Waals surface area contributed by atoms with Gasteiger partial charge in [-0.25, -0.2) is 4.68 Å². The smallest absolute Gasteiger partial charge is 0.113 e. The zero-order chi connectivity index (χ0) is 13.1. The molecule has 1 aromatic heterocycles. The minimum Gasteiger partial charge on any atom is -0.245 e. The summed E-state index contributed by atoms with van der Waals surface area (Å²) < 4.78 is 2.00. The Kier molecular flexibility index (Phi) is 3.27. The molecule has 2 aromatic carbocycles. The van der Waals surface area contributed by atoms with Crippen LogP contribution < -0.4 is 0 Å². The highest BCUT2D eigenvalue weighted by Crippen LogP contribution is 2.13. The second kappa shape index (κ2) is 5.22. The van der Waals surface area contributed by atoms with Crippen molar-refractivity contribution in [2.75, 3.05) is 0 Å². The molecule has 19 heavy (non-hydrogen) atoms. The minimum absolute atomic E-state index is 0.911. The first-order valence-corrected chi connectivity index (χ1v) is 6.67. The van der Waals surface area contributed by atoms with E-state index in [-0.39, 0.29) is 0 Å². The summed E-state index contributed by atoms with van der Waals surface area (Å²) >= 11 is 0. The minimum atomic E-state index is 0.911. The Morgan fingerprint density at radius 3 is 2.74 bits per heavy atom. The van der Waals surface area contributed by atoms with Crippen molar-refractivity contribution in [1.29, 1.82) is 0 Å².